The van der Waals surface area contributed by atoms with Gasteiger partial charge in [-0.05, 0) is 39.9 Å². The third kappa shape index (κ3) is 1.23. The molecule has 0 bridgehead atoms. The Kier molecular flexibility index (Phi) is 1.85. The fourth-order valence-electron chi connectivity index (χ4n) is 1.30. The Bertz CT molecular complexity index is 423. The summed E-state index contributed by atoms with van der Waals surface area (Å²) in [5.74, 6) is 0. The van der Waals surface area contributed by atoms with Crippen molar-refractivity contribution < 1.29 is 0 Å². The smallest absolute Gasteiger partial charge is 0.106 e. The lowest BCUT2D eigenvalue weighted by Crippen LogP contribution is -1.80. The van der Waals surface area contributed by atoms with E-state index in [1.54, 1.807) is 0 Å². The van der Waals surface area contributed by atoms with E-state index in [-0.39, 0.29) is 0 Å². The first-order valence-electron chi connectivity index (χ1n) is 3.78. The molecular weight excluding hydrogens is 214 g/mol. The summed E-state index contributed by atoms with van der Waals surface area (Å²) in [7, 11) is 0. The molecule has 0 amide bonds. The summed E-state index contributed by atoms with van der Waals surface area (Å²) in [4.78, 5) is 4.17. The van der Waals surface area contributed by atoms with Crippen molar-refractivity contribution in [1.82, 2.24) is 4.98 Å². The first-order valence-corrected chi connectivity index (χ1v) is 4.57. The van der Waals surface area contributed by atoms with E-state index in [4.69, 9.17) is 0 Å². The number of nitrogens with zero attached hydrogens (tertiary/aromatic N) is 1. The average molecular weight is 222 g/mol. The molecule has 2 aromatic rings. The van der Waals surface area contributed by atoms with Crippen LogP contribution in [0.5, 0.6) is 0 Å². The van der Waals surface area contributed by atoms with Gasteiger partial charge in [0.25, 0.3) is 0 Å². The fourth-order valence-corrected chi connectivity index (χ4v) is 1.63. The van der Waals surface area contributed by atoms with Crippen molar-refractivity contribution >= 4 is 26.7 Å². The molecular formula is C10H8BrN. The lowest BCUT2D eigenvalue weighted by molar-refractivity contribution is 1.30. The van der Waals surface area contributed by atoms with Gasteiger partial charge in [0.05, 0.1) is 0 Å². The molecule has 0 aliphatic rings. The maximum Gasteiger partial charge on any atom is 0.106 e. The molecule has 0 N–H and O–H groups in total. The Morgan fingerprint density at radius 2 is 2.17 bits per heavy atom. The van der Waals surface area contributed by atoms with E-state index in [1.807, 2.05) is 18.3 Å². The third-order valence-electron chi connectivity index (χ3n) is 1.95. The number of halogens is 1. The van der Waals surface area contributed by atoms with E-state index >= 15 is 0 Å². The van der Waals surface area contributed by atoms with Gasteiger partial charge >= 0.3 is 0 Å². The number of hydrogen-bond acceptors (Lipinski definition) is 1. The predicted octanol–water partition coefficient (Wildman–Crippen LogP) is 3.31. The van der Waals surface area contributed by atoms with E-state index in [0.717, 1.165) is 4.60 Å². The minimum atomic E-state index is 0.893. The predicted molar refractivity (Wildman–Crippen MR) is 54.2 cm³/mol. The van der Waals surface area contributed by atoms with Crippen molar-refractivity contribution in [3.63, 3.8) is 0 Å². The molecule has 1 aromatic carbocycles. The largest absolute Gasteiger partial charge is 0.249 e. The van der Waals surface area contributed by atoms with E-state index in [2.05, 4.69) is 40.0 Å². The second kappa shape index (κ2) is 2.87. The number of hydrogen-bond donors (Lipinski definition) is 0. The Balaban J connectivity index is 2.88. The van der Waals surface area contributed by atoms with Gasteiger partial charge in [-0.25, -0.2) is 4.98 Å². The van der Waals surface area contributed by atoms with Crippen LogP contribution in [0.2, 0.25) is 0 Å². The summed E-state index contributed by atoms with van der Waals surface area (Å²) in [6.07, 6.45) is 1.88. The van der Waals surface area contributed by atoms with Crippen LogP contribution in [0, 0.1) is 6.92 Å². The highest BCUT2D eigenvalue weighted by molar-refractivity contribution is 9.10. The molecule has 1 nitrogen and oxygen atoms in total. The first kappa shape index (κ1) is 7.74. The zero-order chi connectivity index (χ0) is 8.55. The Labute approximate surface area is 79.6 Å². The number of pyridine rings is 1. The minimum Gasteiger partial charge on any atom is -0.249 e. The molecule has 0 unspecified atom stereocenters. The minimum absolute atomic E-state index is 0.893. The van der Waals surface area contributed by atoms with Crippen LogP contribution in [-0.4, -0.2) is 4.98 Å². The first-order chi connectivity index (χ1) is 5.77. The number of rotatable bonds is 0. The molecule has 0 atom stereocenters. The zero-order valence-corrected chi connectivity index (χ0v) is 8.30. The molecule has 0 spiro atoms. The highest BCUT2D eigenvalue weighted by atomic mass is 79.9. The fraction of sp³-hybridized carbons (Fsp3) is 0.100. The molecule has 0 saturated carbocycles. The topological polar surface area (TPSA) is 12.9 Å². The van der Waals surface area contributed by atoms with Gasteiger partial charge in [0.15, 0.2) is 0 Å². The summed E-state index contributed by atoms with van der Waals surface area (Å²) in [6.45, 7) is 2.11. The normalized spacial score (nSPS) is 10.5. The van der Waals surface area contributed by atoms with E-state index < -0.39 is 0 Å². The van der Waals surface area contributed by atoms with E-state index in [0.29, 0.717) is 0 Å². The van der Waals surface area contributed by atoms with Crippen LogP contribution in [0.1, 0.15) is 5.56 Å². The van der Waals surface area contributed by atoms with Gasteiger partial charge in [0, 0.05) is 11.6 Å². The van der Waals surface area contributed by atoms with Gasteiger partial charge < -0.3 is 0 Å². The number of aryl methyl sites for hydroxylation is 1. The molecule has 0 aliphatic heterocycles. The summed E-state index contributed by atoms with van der Waals surface area (Å²) in [6, 6.07) is 8.27. The molecule has 2 rings (SSSR count). The van der Waals surface area contributed by atoms with Crippen LogP contribution in [0.15, 0.2) is 35.1 Å². The molecule has 0 aliphatic carbocycles. The molecule has 12 heavy (non-hydrogen) atoms. The molecule has 2 heteroatoms. The van der Waals surface area contributed by atoms with Crippen molar-refractivity contribution in [2.45, 2.75) is 6.92 Å². The van der Waals surface area contributed by atoms with Gasteiger partial charge in [-0.15, -0.1) is 0 Å². The van der Waals surface area contributed by atoms with Crippen molar-refractivity contribution in [3.8, 4) is 0 Å². The molecule has 0 radical (unpaired) electrons. The monoisotopic (exact) mass is 221 g/mol. The summed E-state index contributed by atoms with van der Waals surface area (Å²) >= 11 is 3.36. The van der Waals surface area contributed by atoms with Gasteiger partial charge in [-0.1, -0.05) is 18.2 Å². The Hall–Kier alpha value is -0.890. The third-order valence-corrected chi connectivity index (χ3v) is 2.38. The standard InChI is InChI=1S/C10H8BrN/c1-7-3-2-4-8-6-12-10(11)5-9(7)8/h2-6H,1H3. The van der Waals surface area contributed by atoms with Crippen molar-refractivity contribution in [3.05, 3.63) is 40.6 Å². The van der Waals surface area contributed by atoms with Crippen molar-refractivity contribution in [1.29, 1.82) is 0 Å². The second-order valence-electron chi connectivity index (χ2n) is 2.80. The maximum atomic E-state index is 4.17. The summed E-state index contributed by atoms with van der Waals surface area (Å²) in [5.41, 5.74) is 1.29. The molecule has 60 valence electrons. The molecule has 0 fully saturated rings. The van der Waals surface area contributed by atoms with Gasteiger partial charge in [0.2, 0.25) is 0 Å². The molecule has 0 saturated heterocycles. The zero-order valence-electron chi connectivity index (χ0n) is 6.71. The van der Waals surface area contributed by atoms with Gasteiger partial charge in [-0.2, -0.15) is 0 Å². The van der Waals surface area contributed by atoms with E-state index in [1.165, 1.54) is 16.3 Å². The number of fused-ring (bicyclic) bond motifs is 1. The van der Waals surface area contributed by atoms with Crippen molar-refractivity contribution in [2.75, 3.05) is 0 Å². The lowest BCUT2D eigenvalue weighted by Gasteiger charge is -2.00. The van der Waals surface area contributed by atoms with Gasteiger partial charge in [-0.3, -0.25) is 0 Å². The number of aromatic nitrogens is 1. The average Bonchev–Trinajstić information content (AvgIpc) is 2.07. The summed E-state index contributed by atoms with van der Waals surface area (Å²) in [5, 5.41) is 2.46. The Morgan fingerprint density at radius 1 is 1.33 bits per heavy atom. The SMILES string of the molecule is Cc1cccc2cnc(Br)cc12. The van der Waals surface area contributed by atoms with E-state index in [9.17, 15) is 0 Å². The van der Waals surface area contributed by atoms with Crippen LogP contribution in [-0.2, 0) is 0 Å². The van der Waals surface area contributed by atoms with Crippen LogP contribution in [0.25, 0.3) is 10.8 Å². The maximum absolute atomic E-state index is 4.17. The van der Waals surface area contributed by atoms with Crippen molar-refractivity contribution in [2.24, 2.45) is 0 Å². The van der Waals surface area contributed by atoms with Gasteiger partial charge in [0.1, 0.15) is 4.60 Å². The van der Waals surface area contributed by atoms with Crippen LogP contribution >= 0.6 is 15.9 Å². The molecule has 1 heterocycles. The summed E-state index contributed by atoms with van der Waals surface area (Å²) < 4.78 is 0.893. The second-order valence-corrected chi connectivity index (χ2v) is 3.62. The lowest BCUT2D eigenvalue weighted by atomic mass is 10.1. The highest BCUT2D eigenvalue weighted by Gasteiger charge is 1.96. The quantitative estimate of drug-likeness (QED) is 0.623. The Morgan fingerprint density at radius 3 is 3.00 bits per heavy atom. The van der Waals surface area contributed by atoms with Crippen LogP contribution in [0.4, 0.5) is 0 Å². The van der Waals surface area contributed by atoms with Crippen LogP contribution < -0.4 is 0 Å². The number of benzene rings is 1. The molecule has 1 aromatic heterocycles. The van der Waals surface area contributed by atoms with Crippen LogP contribution in [0.3, 0.4) is 0 Å². The highest BCUT2D eigenvalue weighted by Crippen LogP contribution is 2.19.